The second-order valence-electron chi connectivity index (χ2n) is 6.17. The highest BCUT2D eigenvalue weighted by molar-refractivity contribution is 6.31. The fourth-order valence-corrected chi connectivity index (χ4v) is 3.11. The molecule has 0 saturated carbocycles. The van der Waals surface area contributed by atoms with E-state index in [1.54, 1.807) is 30.5 Å². The molecule has 0 radical (unpaired) electrons. The predicted molar refractivity (Wildman–Crippen MR) is 105 cm³/mol. The van der Waals surface area contributed by atoms with E-state index in [2.05, 4.69) is 10.3 Å². The number of hydrogen-bond donors (Lipinski definition) is 2. The van der Waals surface area contributed by atoms with Gasteiger partial charge in [0.2, 0.25) is 5.82 Å². The number of anilines is 2. The maximum atomic E-state index is 14.4. The van der Waals surface area contributed by atoms with Crippen molar-refractivity contribution in [3.8, 4) is 5.75 Å². The van der Waals surface area contributed by atoms with Gasteiger partial charge in [-0.15, -0.1) is 0 Å². The standard InChI is InChI=1S/C20H20ClF2N3O/c1-3-26(4-2)11-12-9-17(18(22)19(23)20(12)27)25-15-7-8-24-16-10-13(21)5-6-14(15)16/h5-10,27H,3-4,11H2,1-2H3,(H,24,25). The number of nitrogens with zero attached hydrogens (tertiary/aromatic N) is 2. The van der Waals surface area contributed by atoms with Gasteiger partial charge in [0.05, 0.1) is 11.2 Å². The molecule has 0 unspecified atom stereocenters. The van der Waals surface area contributed by atoms with Crippen molar-refractivity contribution < 1.29 is 13.9 Å². The molecule has 7 heteroatoms. The number of pyridine rings is 1. The minimum absolute atomic E-state index is 0.0464. The summed E-state index contributed by atoms with van der Waals surface area (Å²) >= 11 is 5.99. The summed E-state index contributed by atoms with van der Waals surface area (Å²) in [4.78, 5) is 6.24. The number of phenols is 1. The smallest absolute Gasteiger partial charge is 0.202 e. The van der Waals surface area contributed by atoms with E-state index < -0.39 is 17.4 Å². The van der Waals surface area contributed by atoms with Crippen LogP contribution in [0.2, 0.25) is 5.02 Å². The number of nitrogens with one attached hydrogen (secondary N) is 1. The SMILES string of the molecule is CCN(CC)Cc1cc(Nc2ccnc3cc(Cl)ccc23)c(F)c(F)c1O. The molecule has 0 fully saturated rings. The Morgan fingerprint density at radius 3 is 2.52 bits per heavy atom. The Balaban J connectivity index is 2.03. The van der Waals surface area contributed by atoms with E-state index in [1.807, 2.05) is 18.7 Å². The van der Waals surface area contributed by atoms with Gasteiger partial charge in [0, 0.05) is 34.4 Å². The van der Waals surface area contributed by atoms with Gasteiger partial charge in [-0.05, 0) is 43.4 Å². The van der Waals surface area contributed by atoms with Gasteiger partial charge in [-0.2, -0.15) is 4.39 Å². The normalized spacial score (nSPS) is 11.3. The monoisotopic (exact) mass is 391 g/mol. The molecule has 1 aromatic heterocycles. The van der Waals surface area contributed by atoms with Crippen LogP contribution in [-0.4, -0.2) is 28.1 Å². The first-order valence-corrected chi connectivity index (χ1v) is 9.05. The fourth-order valence-electron chi connectivity index (χ4n) is 2.94. The highest BCUT2D eigenvalue weighted by atomic mass is 35.5. The van der Waals surface area contributed by atoms with Crippen LogP contribution in [-0.2, 0) is 6.54 Å². The van der Waals surface area contributed by atoms with Gasteiger partial charge in [0.1, 0.15) is 0 Å². The average molecular weight is 392 g/mol. The van der Waals surface area contributed by atoms with Gasteiger partial charge in [-0.1, -0.05) is 25.4 Å². The highest BCUT2D eigenvalue weighted by Crippen LogP contribution is 2.34. The molecular formula is C20H20ClF2N3O. The molecule has 2 aromatic carbocycles. The van der Waals surface area contributed by atoms with E-state index in [0.717, 1.165) is 18.5 Å². The first kappa shape index (κ1) is 19.3. The average Bonchev–Trinajstić information content (AvgIpc) is 2.67. The number of phenolic OH excluding ortho intramolecular Hbond substituents is 1. The summed E-state index contributed by atoms with van der Waals surface area (Å²) in [5.74, 6) is -3.05. The lowest BCUT2D eigenvalue weighted by Gasteiger charge is -2.20. The third-order valence-electron chi connectivity index (χ3n) is 4.52. The van der Waals surface area contributed by atoms with Crippen molar-refractivity contribution in [3.63, 3.8) is 0 Å². The second-order valence-corrected chi connectivity index (χ2v) is 6.60. The Labute approximate surface area is 161 Å². The first-order chi connectivity index (χ1) is 12.9. The van der Waals surface area contributed by atoms with Gasteiger partial charge < -0.3 is 10.4 Å². The van der Waals surface area contributed by atoms with Crippen molar-refractivity contribution in [1.82, 2.24) is 9.88 Å². The Morgan fingerprint density at radius 2 is 1.81 bits per heavy atom. The summed E-state index contributed by atoms with van der Waals surface area (Å²) in [5.41, 5.74) is 1.47. The van der Waals surface area contributed by atoms with E-state index in [9.17, 15) is 13.9 Å². The number of benzene rings is 2. The van der Waals surface area contributed by atoms with Crippen LogP contribution in [0.3, 0.4) is 0 Å². The minimum Gasteiger partial charge on any atom is -0.505 e. The van der Waals surface area contributed by atoms with Crippen molar-refractivity contribution in [2.24, 2.45) is 0 Å². The predicted octanol–water partition coefficient (Wildman–Crippen LogP) is 5.46. The van der Waals surface area contributed by atoms with Crippen molar-refractivity contribution in [3.05, 3.63) is 58.7 Å². The molecule has 142 valence electrons. The van der Waals surface area contributed by atoms with Crippen LogP contribution < -0.4 is 5.32 Å². The number of aromatic nitrogens is 1. The number of aromatic hydroxyl groups is 1. The quantitative estimate of drug-likeness (QED) is 0.548. The zero-order valence-corrected chi connectivity index (χ0v) is 15.8. The van der Waals surface area contributed by atoms with Crippen LogP contribution in [0.15, 0.2) is 36.5 Å². The molecule has 4 nitrogen and oxygen atoms in total. The van der Waals surface area contributed by atoms with Crippen LogP contribution in [0.1, 0.15) is 19.4 Å². The van der Waals surface area contributed by atoms with E-state index in [0.29, 0.717) is 28.3 Å². The van der Waals surface area contributed by atoms with Crippen LogP contribution in [0.25, 0.3) is 10.9 Å². The number of rotatable bonds is 6. The van der Waals surface area contributed by atoms with Gasteiger partial charge in [0.15, 0.2) is 11.6 Å². The van der Waals surface area contributed by atoms with Crippen molar-refractivity contribution in [2.75, 3.05) is 18.4 Å². The molecular weight excluding hydrogens is 372 g/mol. The summed E-state index contributed by atoms with van der Waals surface area (Å²) < 4.78 is 28.7. The molecule has 0 aliphatic heterocycles. The summed E-state index contributed by atoms with van der Waals surface area (Å²) in [5, 5.41) is 14.2. The third-order valence-corrected chi connectivity index (χ3v) is 4.76. The lowest BCUT2D eigenvalue weighted by molar-refractivity contribution is 0.288. The molecule has 0 aliphatic carbocycles. The molecule has 27 heavy (non-hydrogen) atoms. The van der Waals surface area contributed by atoms with Crippen LogP contribution >= 0.6 is 11.6 Å². The topological polar surface area (TPSA) is 48.4 Å². The molecule has 3 rings (SSSR count). The molecule has 0 atom stereocenters. The van der Waals surface area contributed by atoms with Crippen molar-refractivity contribution in [1.29, 1.82) is 0 Å². The number of hydrogen-bond acceptors (Lipinski definition) is 4. The molecule has 3 aromatic rings. The largest absolute Gasteiger partial charge is 0.505 e. The van der Waals surface area contributed by atoms with E-state index in [-0.39, 0.29) is 5.69 Å². The van der Waals surface area contributed by atoms with E-state index >= 15 is 0 Å². The summed E-state index contributed by atoms with van der Waals surface area (Å²) in [6.45, 7) is 5.71. The van der Waals surface area contributed by atoms with Crippen molar-refractivity contribution >= 4 is 33.9 Å². The Bertz CT molecular complexity index is 977. The Hall–Kier alpha value is -2.44. The van der Waals surface area contributed by atoms with Crippen LogP contribution in [0.4, 0.5) is 20.2 Å². The third kappa shape index (κ3) is 3.96. The molecule has 0 amide bonds. The molecule has 0 aliphatic rings. The Morgan fingerprint density at radius 1 is 1.07 bits per heavy atom. The van der Waals surface area contributed by atoms with Gasteiger partial charge in [0.25, 0.3) is 0 Å². The second kappa shape index (κ2) is 8.06. The molecule has 0 spiro atoms. The van der Waals surface area contributed by atoms with E-state index in [1.165, 1.54) is 6.07 Å². The summed E-state index contributed by atoms with van der Waals surface area (Å²) in [6.07, 6.45) is 1.56. The van der Waals surface area contributed by atoms with Gasteiger partial charge >= 0.3 is 0 Å². The first-order valence-electron chi connectivity index (χ1n) is 8.68. The van der Waals surface area contributed by atoms with Gasteiger partial charge in [-0.25, -0.2) is 4.39 Å². The maximum Gasteiger partial charge on any atom is 0.202 e. The Kier molecular flexibility index (Phi) is 5.77. The lowest BCUT2D eigenvalue weighted by atomic mass is 10.1. The molecule has 2 N–H and O–H groups in total. The molecule has 1 heterocycles. The molecule has 0 bridgehead atoms. The van der Waals surface area contributed by atoms with E-state index in [4.69, 9.17) is 11.6 Å². The van der Waals surface area contributed by atoms with Crippen LogP contribution in [0, 0.1) is 11.6 Å². The minimum atomic E-state index is -1.26. The highest BCUT2D eigenvalue weighted by Gasteiger charge is 2.20. The van der Waals surface area contributed by atoms with Gasteiger partial charge in [-0.3, -0.25) is 9.88 Å². The lowest BCUT2D eigenvalue weighted by Crippen LogP contribution is -2.22. The van der Waals surface area contributed by atoms with Crippen LogP contribution in [0.5, 0.6) is 5.75 Å². The van der Waals surface area contributed by atoms with Crippen molar-refractivity contribution in [2.45, 2.75) is 20.4 Å². The summed E-state index contributed by atoms with van der Waals surface area (Å²) in [6, 6.07) is 8.27. The summed E-state index contributed by atoms with van der Waals surface area (Å²) in [7, 11) is 0. The number of fused-ring (bicyclic) bond motifs is 1. The fraction of sp³-hybridized carbons (Fsp3) is 0.250. The zero-order chi connectivity index (χ0) is 19.6. The maximum absolute atomic E-state index is 14.4. The molecule has 0 saturated heterocycles. The zero-order valence-electron chi connectivity index (χ0n) is 15.1. The number of halogens is 3.